The van der Waals surface area contributed by atoms with Gasteiger partial charge in [-0.25, -0.2) is 9.59 Å². The molecule has 2 saturated carbocycles. The van der Waals surface area contributed by atoms with Crippen molar-refractivity contribution in [2.24, 2.45) is 23.7 Å². The standard InChI is InChI=1S/C27H38ClN3O3.C14H25NO4.C13H15ClN2/c1-6-23-24-21(20-12-11-19(28)15-22(20)29-24)13-14-31(23)25(32)18-9-7-17(8-10-18)16-30(5)26(33)34-27(2,3)4;1-14(2,3)19-13(18)15(4)9-10-5-7-11(8-6-10)12(16)17;1-2-11-13-10(5-6-15-11)9-4-3-8(14)7-12(9)16-13/h11-12,15,17-18,23,29H,6-10,13-14,16H2,1-5H3;10-11H,5-9H2,1-4H3,(H,16,17);3-4,7,11,15-16H,2,5-6H2,1H3. The zero-order chi connectivity index (χ0) is 50.4. The summed E-state index contributed by atoms with van der Waals surface area (Å²) in [6, 6.07) is 12.7. The lowest BCUT2D eigenvalue weighted by atomic mass is 9.80. The van der Waals surface area contributed by atoms with E-state index in [0.717, 1.165) is 92.9 Å². The molecule has 4 N–H and O–H groups in total. The van der Waals surface area contributed by atoms with Crippen LogP contribution in [0.1, 0.15) is 154 Å². The van der Waals surface area contributed by atoms with E-state index < -0.39 is 17.2 Å². The lowest BCUT2D eigenvalue weighted by Gasteiger charge is -2.39. The molecule has 15 heteroatoms. The Morgan fingerprint density at radius 3 is 1.59 bits per heavy atom. The fraction of sp³-hybridized carbons (Fsp3) is 0.630. The molecule has 0 radical (unpaired) electrons. The predicted octanol–water partition coefficient (Wildman–Crippen LogP) is 12.5. The number of aliphatic carboxylic acids is 1. The second kappa shape index (κ2) is 23.2. The van der Waals surface area contributed by atoms with Gasteiger partial charge in [0.1, 0.15) is 11.2 Å². The first kappa shape index (κ1) is 53.9. The minimum absolute atomic E-state index is 0.0671. The van der Waals surface area contributed by atoms with Crippen molar-refractivity contribution in [3.63, 3.8) is 0 Å². The Morgan fingerprint density at radius 2 is 1.14 bits per heavy atom. The second-order valence-corrected chi connectivity index (χ2v) is 22.7. The third-order valence-corrected chi connectivity index (χ3v) is 14.6. The van der Waals surface area contributed by atoms with Crippen LogP contribution in [0.5, 0.6) is 0 Å². The summed E-state index contributed by atoms with van der Waals surface area (Å²) < 4.78 is 10.8. The molecule has 4 heterocycles. The Morgan fingerprint density at radius 1 is 0.681 bits per heavy atom. The van der Waals surface area contributed by atoms with E-state index >= 15 is 0 Å². The van der Waals surface area contributed by atoms with Crippen molar-refractivity contribution in [2.75, 3.05) is 40.3 Å². The summed E-state index contributed by atoms with van der Waals surface area (Å²) in [6.07, 6.45) is 10.2. The third kappa shape index (κ3) is 14.1. The number of nitrogens with one attached hydrogen (secondary N) is 3. The van der Waals surface area contributed by atoms with Crippen LogP contribution in [0, 0.1) is 23.7 Å². The maximum atomic E-state index is 13.6. The van der Waals surface area contributed by atoms with E-state index in [2.05, 4.69) is 46.2 Å². The number of aromatic nitrogens is 2. The lowest BCUT2D eigenvalue weighted by Crippen LogP contribution is -2.44. The van der Waals surface area contributed by atoms with Gasteiger partial charge in [-0.2, -0.15) is 0 Å². The second-order valence-electron chi connectivity index (χ2n) is 21.8. The number of halogens is 2. The predicted molar refractivity (Wildman–Crippen MR) is 276 cm³/mol. The molecule has 2 aliphatic heterocycles. The summed E-state index contributed by atoms with van der Waals surface area (Å²) >= 11 is 12.2. The number of carboxylic acids is 1. The topological polar surface area (TPSA) is 160 Å². The van der Waals surface area contributed by atoms with Crippen LogP contribution in [0.25, 0.3) is 21.8 Å². The van der Waals surface area contributed by atoms with Gasteiger partial charge in [0, 0.05) is 88.9 Å². The van der Waals surface area contributed by atoms with Gasteiger partial charge in [0.05, 0.1) is 12.0 Å². The molecule has 8 rings (SSSR count). The molecule has 2 aliphatic carbocycles. The SMILES string of the molecule is CCC1NCCc2c1[nH]c1cc(Cl)ccc21.CCC1c2[nH]c3cc(Cl)ccc3c2CCN1C(=O)C1CCC(CN(C)C(=O)OC(C)(C)C)CC1.CN(CC1CCC(C(=O)O)CC1)C(=O)OC(C)(C)C. The number of rotatable bonds is 8. The molecule has 2 unspecified atom stereocenters. The minimum Gasteiger partial charge on any atom is -0.481 e. The molecule has 2 atom stereocenters. The molecule has 0 saturated heterocycles. The van der Waals surface area contributed by atoms with Crippen LogP contribution in [0.3, 0.4) is 0 Å². The molecule has 3 amide bonds. The molecule has 380 valence electrons. The highest BCUT2D eigenvalue weighted by molar-refractivity contribution is 6.31. The number of carbonyl (C=O) groups excluding carboxylic acids is 3. The largest absolute Gasteiger partial charge is 0.481 e. The Bertz CT molecular complexity index is 2400. The molecule has 4 aliphatic rings. The first-order valence-electron chi connectivity index (χ1n) is 25.3. The molecule has 0 spiro atoms. The number of aromatic amines is 2. The van der Waals surface area contributed by atoms with Gasteiger partial charge in [-0.15, -0.1) is 0 Å². The van der Waals surface area contributed by atoms with Crippen LogP contribution in [-0.2, 0) is 31.9 Å². The van der Waals surface area contributed by atoms with Crippen LogP contribution in [-0.4, -0.2) is 105 Å². The van der Waals surface area contributed by atoms with Crippen LogP contribution in [0.2, 0.25) is 10.0 Å². The summed E-state index contributed by atoms with van der Waals surface area (Å²) in [5.74, 6) is 0.246. The average Bonchev–Trinajstić information content (AvgIpc) is 3.85. The Kier molecular flexibility index (Phi) is 18.1. The van der Waals surface area contributed by atoms with Gasteiger partial charge in [-0.1, -0.05) is 49.2 Å². The Hall–Kier alpha value is -4.46. The molecule has 2 aromatic heterocycles. The number of carbonyl (C=O) groups is 4. The monoisotopic (exact) mass is 993 g/mol. The maximum Gasteiger partial charge on any atom is 0.410 e. The minimum atomic E-state index is -0.695. The van der Waals surface area contributed by atoms with E-state index in [1.807, 2.05) is 65.8 Å². The molecule has 2 aromatic carbocycles. The summed E-state index contributed by atoms with van der Waals surface area (Å²) in [7, 11) is 3.54. The number of hydrogen-bond acceptors (Lipinski definition) is 7. The summed E-state index contributed by atoms with van der Waals surface area (Å²) in [6.45, 7) is 18.7. The van der Waals surface area contributed by atoms with Crippen LogP contribution in [0.15, 0.2) is 36.4 Å². The number of nitrogens with zero attached hydrogens (tertiary/aromatic N) is 3. The van der Waals surface area contributed by atoms with Gasteiger partial charge in [-0.3, -0.25) is 9.59 Å². The zero-order valence-corrected chi connectivity index (χ0v) is 44.2. The molecule has 2 fully saturated rings. The van der Waals surface area contributed by atoms with E-state index in [0.29, 0.717) is 43.8 Å². The van der Waals surface area contributed by atoms with Crippen molar-refractivity contribution in [1.82, 2.24) is 30.0 Å². The molecule has 0 bridgehead atoms. The van der Waals surface area contributed by atoms with E-state index in [9.17, 15) is 19.2 Å². The van der Waals surface area contributed by atoms with Crippen molar-refractivity contribution < 1.29 is 33.8 Å². The van der Waals surface area contributed by atoms with E-state index in [1.54, 1.807) is 23.9 Å². The fourth-order valence-corrected chi connectivity index (χ4v) is 11.0. The molecular formula is C54H78Cl2N6O7. The number of carboxylic acid groups (broad SMARTS) is 1. The van der Waals surface area contributed by atoms with Crippen molar-refractivity contribution in [1.29, 1.82) is 0 Å². The van der Waals surface area contributed by atoms with E-state index in [-0.39, 0.29) is 36.0 Å². The highest BCUT2D eigenvalue weighted by Gasteiger charge is 2.37. The van der Waals surface area contributed by atoms with Crippen molar-refractivity contribution in [3.05, 3.63) is 69.0 Å². The number of H-pyrrole nitrogens is 2. The van der Waals surface area contributed by atoms with Crippen molar-refractivity contribution in [2.45, 2.75) is 156 Å². The number of benzene rings is 2. The average molecular weight is 994 g/mol. The van der Waals surface area contributed by atoms with Crippen molar-refractivity contribution in [3.8, 4) is 0 Å². The molecule has 69 heavy (non-hydrogen) atoms. The third-order valence-electron chi connectivity index (χ3n) is 14.2. The fourth-order valence-electron chi connectivity index (χ4n) is 10.7. The lowest BCUT2D eigenvalue weighted by molar-refractivity contribution is -0.143. The number of ether oxygens (including phenoxy) is 2. The number of amides is 3. The van der Waals surface area contributed by atoms with Gasteiger partial charge in [0.2, 0.25) is 5.91 Å². The summed E-state index contributed by atoms with van der Waals surface area (Å²) in [5, 5.41) is 16.6. The summed E-state index contributed by atoms with van der Waals surface area (Å²) in [4.78, 5) is 61.0. The van der Waals surface area contributed by atoms with Crippen LogP contribution in [0.4, 0.5) is 9.59 Å². The molecule has 4 aromatic rings. The quantitative estimate of drug-likeness (QED) is 0.136. The Balaban J connectivity index is 0.000000188. The van der Waals surface area contributed by atoms with Gasteiger partial charge in [0.15, 0.2) is 0 Å². The number of hydrogen-bond donors (Lipinski definition) is 4. The molecular weight excluding hydrogens is 916 g/mol. The maximum absolute atomic E-state index is 13.6. The van der Waals surface area contributed by atoms with Gasteiger partial charge >= 0.3 is 18.2 Å². The number of fused-ring (bicyclic) bond motifs is 6. The van der Waals surface area contributed by atoms with Gasteiger partial charge in [-0.05, 0) is 172 Å². The highest BCUT2D eigenvalue weighted by atomic mass is 35.5. The Labute approximate surface area is 419 Å². The van der Waals surface area contributed by atoms with Crippen molar-refractivity contribution >= 4 is 69.1 Å². The normalized spacial score (nSPS) is 22.5. The summed E-state index contributed by atoms with van der Waals surface area (Å²) in [5.41, 5.74) is 6.58. The first-order valence-corrected chi connectivity index (χ1v) is 26.1. The zero-order valence-electron chi connectivity index (χ0n) is 42.7. The van der Waals surface area contributed by atoms with Crippen LogP contribution >= 0.6 is 23.2 Å². The van der Waals surface area contributed by atoms with E-state index in [4.69, 9.17) is 37.8 Å². The van der Waals surface area contributed by atoms with E-state index in [1.165, 1.54) is 38.8 Å². The highest BCUT2D eigenvalue weighted by Crippen LogP contribution is 2.40. The molecule has 13 nitrogen and oxygen atoms in total. The van der Waals surface area contributed by atoms with Crippen LogP contribution < -0.4 is 5.32 Å². The smallest absolute Gasteiger partial charge is 0.410 e. The first-order chi connectivity index (χ1) is 32.5. The van der Waals surface area contributed by atoms with Gasteiger partial charge < -0.3 is 44.6 Å². The van der Waals surface area contributed by atoms with Gasteiger partial charge in [0.25, 0.3) is 0 Å².